The third kappa shape index (κ3) is 4.79. The molecule has 0 saturated carbocycles. The Morgan fingerprint density at radius 3 is 2.50 bits per heavy atom. The minimum atomic E-state index is -5.08. The highest BCUT2D eigenvalue weighted by molar-refractivity contribution is 6.08. The second kappa shape index (κ2) is 8.93. The Labute approximate surface area is 184 Å². The van der Waals surface area contributed by atoms with Crippen LogP contribution in [0.1, 0.15) is 31.4 Å². The average molecular weight is 452 g/mol. The zero-order chi connectivity index (χ0) is 23.7. The first-order chi connectivity index (χ1) is 14.9. The number of amides is 1. The highest BCUT2D eigenvalue weighted by atomic mass is 19.4. The molecule has 1 aromatic heterocycles. The summed E-state index contributed by atoms with van der Waals surface area (Å²) in [6.45, 7) is 7.74. The van der Waals surface area contributed by atoms with Crippen LogP contribution in [0.15, 0.2) is 36.7 Å². The fourth-order valence-corrected chi connectivity index (χ4v) is 4.37. The molecule has 0 bridgehead atoms. The number of rotatable bonds is 4. The maximum Gasteiger partial charge on any atom is 0.490 e. The van der Waals surface area contributed by atoms with E-state index in [0.717, 1.165) is 38.3 Å². The van der Waals surface area contributed by atoms with Gasteiger partial charge in [-0.05, 0) is 30.5 Å². The lowest BCUT2D eigenvalue weighted by molar-refractivity contribution is -0.192. The van der Waals surface area contributed by atoms with Gasteiger partial charge < -0.3 is 10.0 Å². The first-order valence-corrected chi connectivity index (χ1v) is 10.4. The number of halogens is 3. The summed E-state index contributed by atoms with van der Waals surface area (Å²) in [4.78, 5) is 26.7. The van der Waals surface area contributed by atoms with Gasteiger partial charge in [-0.3, -0.25) is 14.4 Å². The molecule has 1 spiro atoms. The molecule has 1 fully saturated rings. The van der Waals surface area contributed by atoms with Gasteiger partial charge in [0.25, 0.3) is 0 Å². The number of nitrogens with zero attached hydrogens (tertiary/aromatic N) is 4. The number of aromatic nitrogens is 2. The topological polar surface area (TPSA) is 78.7 Å². The molecule has 1 unspecified atom stereocenters. The van der Waals surface area contributed by atoms with Gasteiger partial charge in [0.1, 0.15) is 0 Å². The van der Waals surface area contributed by atoms with E-state index >= 15 is 0 Å². The van der Waals surface area contributed by atoms with Gasteiger partial charge in [0.05, 0.1) is 11.6 Å². The van der Waals surface area contributed by atoms with E-state index in [1.165, 1.54) is 11.1 Å². The monoisotopic (exact) mass is 452 g/mol. The smallest absolute Gasteiger partial charge is 0.475 e. The number of para-hydroxylation sites is 1. The highest BCUT2D eigenvalue weighted by Crippen LogP contribution is 2.47. The van der Waals surface area contributed by atoms with Gasteiger partial charge >= 0.3 is 12.1 Å². The predicted octanol–water partition coefficient (Wildman–Crippen LogP) is 3.20. The predicted molar refractivity (Wildman–Crippen MR) is 112 cm³/mol. The minimum Gasteiger partial charge on any atom is -0.475 e. The Balaban J connectivity index is 0.000000360. The molecule has 2 aliphatic rings. The van der Waals surface area contributed by atoms with Crippen molar-refractivity contribution in [1.82, 2.24) is 14.7 Å². The first-order valence-electron chi connectivity index (χ1n) is 10.4. The van der Waals surface area contributed by atoms with Gasteiger partial charge in [-0.1, -0.05) is 32.0 Å². The molecule has 1 aromatic carbocycles. The molecule has 2 aliphatic heterocycles. The molecule has 0 aliphatic carbocycles. The molecule has 174 valence electrons. The number of fused-ring (bicyclic) bond motifs is 2. The van der Waals surface area contributed by atoms with E-state index in [-0.39, 0.29) is 11.3 Å². The summed E-state index contributed by atoms with van der Waals surface area (Å²) >= 11 is 0. The van der Waals surface area contributed by atoms with E-state index in [1.54, 1.807) is 0 Å². The van der Waals surface area contributed by atoms with Crippen molar-refractivity contribution >= 4 is 17.6 Å². The number of aryl methyl sites for hydroxylation is 1. The van der Waals surface area contributed by atoms with Gasteiger partial charge in [0.2, 0.25) is 5.91 Å². The fraction of sp³-hybridized carbons (Fsp3) is 0.500. The molecule has 3 heterocycles. The summed E-state index contributed by atoms with van der Waals surface area (Å²) < 4.78 is 33.6. The minimum absolute atomic E-state index is 0.288. The first kappa shape index (κ1) is 23.8. The van der Waals surface area contributed by atoms with Crippen LogP contribution < -0.4 is 4.90 Å². The number of carboxylic acids is 1. The van der Waals surface area contributed by atoms with Crippen LogP contribution in [0.5, 0.6) is 0 Å². The second-order valence-corrected chi connectivity index (χ2v) is 8.69. The lowest BCUT2D eigenvalue weighted by Crippen LogP contribution is -2.43. The molecule has 32 heavy (non-hydrogen) atoms. The Kier molecular flexibility index (Phi) is 6.64. The van der Waals surface area contributed by atoms with Crippen LogP contribution in [0.25, 0.3) is 0 Å². The van der Waals surface area contributed by atoms with Crippen LogP contribution in [-0.2, 0) is 28.6 Å². The molecule has 0 radical (unpaired) electrons. The molecule has 7 nitrogen and oxygen atoms in total. The molecule has 1 N–H and O–H groups in total. The summed E-state index contributed by atoms with van der Waals surface area (Å²) in [5, 5.41) is 11.4. The number of benzene rings is 1. The number of aliphatic carboxylic acids is 1. The molecule has 10 heteroatoms. The van der Waals surface area contributed by atoms with Crippen molar-refractivity contribution in [3.63, 3.8) is 0 Å². The lowest BCUT2D eigenvalue weighted by Gasteiger charge is -2.25. The van der Waals surface area contributed by atoms with E-state index in [4.69, 9.17) is 9.90 Å². The fourth-order valence-electron chi connectivity index (χ4n) is 4.37. The van der Waals surface area contributed by atoms with Crippen molar-refractivity contribution in [2.75, 3.05) is 24.5 Å². The van der Waals surface area contributed by atoms with E-state index in [2.05, 4.69) is 48.2 Å². The third-order valence-electron chi connectivity index (χ3n) is 5.67. The van der Waals surface area contributed by atoms with Crippen LogP contribution in [0.3, 0.4) is 0 Å². The molecule has 1 saturated heterocycles. The van der Waals surface area contributed by atoms with E-state index in [1.807, 2.05) is 28.9 Å². The Bertz CT molecular complexity index is 989. The molecular weight excluding hydrogens is 425 g/mol. The number of carboxylic acid groups (broad SMARTS) is 1. The molecule has 1 atom stereocenters. The summed E-state index contributed by atoms with van der Waals surface area (Å²) in [7, 11) is 1.94. The maximum absolute atomic E-state index is 13.4. The Morgan fingerprint density at radius 2 is 1.94 bits per heavy atom. The molecule has 2 aromatic rings. The van der Waals surface area contributed by atoms with Gasteiger partial charge in [-0.15, -0.1) is 0 Å². The number of carbonyl (C=O) groups is 2. The largest absolute Gasteiger partial charge is 0.490 e. The molecular formula is C22H27F3N4O3. The maximum atomic E-state index is 13.4. The summed E-state index contributed by atoms with van der Waals surface area (Å²) in [6.07, 6.45) is -0.210. The SMILES string of the molecule is CC(C)CN1C(=O)C2(CCN(Cc3cnn(C)c3)C2)c2ccccc21.O=C(O)C(F)(F)F. The third-order valence-corrected chi connectivity index (χ3v) is 5.67. The van der Waals surface area contributed by atoms with Gasteiger partial charge in [0.15, 0.2) is 0 Å². The van der Waals surface area contributed by atoms with E-state index < -0.39 is 12.1 Å². The number of hydrogen-bond acceptors (Lipinski definition) is 4. The zero-order valence-electron chi connectivity index (χ0n) is 18.3. The summed E-state index contributed by atoms with van der Waals surface area (Å²) in [6, 6.07) is 8.37. The van der Waals surface area contributed by atoms with E-state index in [0.29, 0.717) is 5.92 Å². The number of carbonyl (C=O) groups excluding carboxylic acids is 1. The summed E-state index contributed by atoms with van der Waals surface area (Å²) in [5.74, 6) is -2.01. The summed E-state index contributed by atoms with van der Waals surface area (Å²) in [5.41, 5.74) is 3.17. The van der Waals surface area contributed by atoms with Crippen molar-refractivity contribution < 1.29 is 27.9 Å². The van der Waals surface area contributed by atoms with Crippen molar-refractivity contribution in [3.8, 4) is 0 Å². The van der Waals surface area contributed by atoms with Crippen molar-refractivity contribution in [2.24, 2.45) is 13.0 Å². The number of likely N-dealkylation sites (tertiary alicyclic amines) is 1. The van der Waals surface area contributed by atoms with Crippen LogP contribution in [0, 0.1) is 5.92 Å². The number of alkyl halides is 3. The van der Waals surface area contributed by atoms with Crippen LogP contribution in [0.4, 0.5) is 18.9 Å². The molecule has 4 rings (SSSR count). The molecule has 1 amide bonds. The van der Waals surface area contributed by atoms with E-state index in [9.17, 15) is 18.0 Å². The zero-order valence-corrected chi connectivity index (χ0v) is 18.3. The van der Waals surface area contributed by atoms with Crippen LogP contribution in [0.2, 0.25) is 0 Å². The lowest BCUT2D eigenvalue weighted by atomic mass is 9.81. The number of anilines is 1. The average Bonchev–Trinajstić information content (AvgIpc) is 3.37. The standard InChI is InChI=1S/C20H26N4O.C2HF3O2/c1-15(2)11-24-18-7-5-4-6-17(18)20(19(24)25)8-9-23(14-20)13-16-10-21-22(3)12-16;3-2(4,5)1(6)7/h4-7,10,12,15H,8-9,11,13-14H2,1-3H3;(H,6,7). The Hall–Kier alpha value is -2.88. The highest BCUT2D eigenvalue weighted by Gasteiger charge is 2.54. The van der Waals surface area contributed by atoms with Crippen molar-refractivity contribution in [3.05, 3.63) is 47.8 Å². The van der Waals surface area contributed by atoms with Crippen LogP contribution in [-0.4, -0.2) is 57.5 Å². The van der Waals surface area contributed by atoms with Crippen molar-refractivity contribution in [2.45, 2.75) is 38.4 Å². The quantitative estimate of drug-likeness (QED) is 0.771. The number of hydrogen-bond donors (Lipinski definition) is 1. The second-order valence-electron chi connectivity index (χ2n) is 8.69. The van der Waals surface area contributed by atoms with Crippen LogP contribution >= 0.6 is 0 Å². The van der Waals surface area contributed by atoms with Gasteiger partial charge in [0, 0.05) is 44.1 Å². The van der Waals surface area contributed by atoms with Gasteiger partial charge in [-0.25, -0.2) is 4.79 Å². The normalized spacial score (nSPS) is 20.6. The van der Waals surface area contributed by atoms with Crippen molar-refractivity contribution in [1.29, 1.82) is 0 Å². The Morgan fingerprint density at radius 1 is 1.28 bits per heavy atom. The van der Waals surface area contributed by atoms with Gasteiger partial charge in [-0.2, -0.15) is 18.3 Å².